The van der Waals surface area contributed by atoms with Crippen molar-refractivity contribution in [2.75, 3.05) is 26.3 Å². The van der Waals surface area contributed by atoms with Gasteiger partial charge in [0.05, 0.1) is 25.7 Å². The van der Waals surface area contributed by atoms with Crippen LogP contribution in [0, 0.1) is 0 Å². The Bertz CT molecular complexity index is 373. The van der Waals surface area contributed by atoms with Gasteiger partial charge in [0.25, 0.3) is 0 Å². The van der Waals surface area contributed by atoms with Gasteiger partial charge in [0, 0.05) is 13.1 Å². The number of urea groups is 1. The van der Waals surface area contributed by atoms with E-state index in [1.807, 2.05) is 0 Å². The Labute approximate surface area is 117 Å². The molecule has 8 nitrogen and oxygen atoms in total. The molecule has 2 atom stereocenters. The second-order valence-electron chi connectivity index (χ2n) is 4.46. The first kappa shape index (κ1) is 16.2. The van der Waals surface area contributed by atoms with E-state index in [9.17, 15) is 14.4 Å². The third-order valence-electron chi connectivity index (χ3n) is 2.81. The fourth-order valence-corrected chi connectivity index (χ4v) is 1.82. The lowest BCUT2D eigenvalue weighted by Gasteiger charge is -2.32. The molecule has 20 heavy (non-hydrogen) atoms. The van der Waals surface area contributed by atoms with E-state index in [0.717, 1.165) is 0 Å². The van der Waals surface area contributed by atoms with E-state index < -0.39 is 30.1 Å². The molecule has 1 aliphatic rings. The Balaban J connectivity index is 2.46. The zero-order chi connectivity index (χ0) is 15.1. The Morgan fingerprint density at radius 2 is 2.20 bits per heavy atom. The number of nitrogens with one attached hydrogen (secondary N) is 1. The van der Waals surface area contributed by atoms with Crippen molar-refractivity contribution in [3.63, 3.8) is 0 Å². The highest BCUT2D eigenvalue weighted by molar-refractivity contribution is 5.83. The molecule has 0 aromatic carbocycles. The first-order valence-electron chi connectivity index (χ1n) is 6.49. The van der Waals surface area contributed by atoms with Crippen molar-refractivity contribution in [1.29, 1.82) is 0 Å². The highest BCUT2D eigenvalue weighted by atomic mass is 16.5. The molecule has 1 saturated heterocycles. The number of morpholine rings is 1. The Morgan fingerprint density at radius 3 is 2.80 bits per heavy atom. The van der Waals surface area contributed by atoms with Gasteiger partial charge in [-0.05, 0) is 13.8 Å². The summed E-state index contributed by atoms with van der Waals surface area (Å²) in [7, 11) is 0. The van der Waals surface area contributed by atoms with Gasteiger partial charge >= 0.3 is 18.0 Å². The van der Waals surface area contributed by atoms with E-state index in [4.69, 9.17) is 14.6 Å². The number of carboxylic acids is 1. The summed E-state index contributed by atoms with van der Waals surface area (Å²) in [4.78, 5) is 35.4. The van der Waals surface area contributed by atoms with Crippen molar-refractivity contribution in [3.8, 4) is 0 Å². The van der Waals surface area contributed by atoms with E-state index in [2.05, 4.69) is 5.32 Å². The van der Waals surface area contributed by atoms with Gasteiger partial charge in [-0.3, -0.25) is 4.79 Å². The van der Waals surface area contributed by atoms with Crippen molar-refractivity contribution in [1.82, 2.24) is 10.2 Å². The van der Waals surface area contributed by atoms with Gasteiger partial charge in [-0.25, -0.2) is 9.59 Å². The van der Waals surface area contributed by atoms with Gasteiger partial charge in [-0.15, -0.1) is 0 Å². The maximum atomic E-state index is 12.0. The third kappa shape index (κ3) is 5.04. The molecule has 0 bridgehead atoms. The van der Waals surface area contributed by atoms with E-state index in [-0.39, 0.29) is 26.2 Å². The molecule has 0 aromatic heterocycles. The van der Waals surface area contributed by atoms with Crippen LogP contribution in [0.5, 0.6) is 0 Å². The number of amides is 2. The van der Waals surface area contributed by atoms with Crippen LogP contribution >= 0.6 is 0 Å². The maximum absolute atomic E-state index is 12.0. The van der Waals surface area contributed by atoms with Crippen molar-refractivity contribution >= 4 is 18.0 Å². The van der Waals surface area contributed by atoms with Gasteiger partial charge in [-0.2, -0.15) is 0 Å². The van der Waals surface area contributed by atoms with Gasteiger partial charge in [0.2, 0.25) is 0 Å². The molecule has 1 rings (SSSR count). The molecule has 1 aliphatic heterocycles. The van der Waals surface area contributed by atoms with Crippen LogP contribution in [0.3, 0.4) is 0 Å². The van der Waals surface area contributed by atoms with E-state index in [1.54, 1.807) is 6.92 Å². The van der Waals surface area contributed by atoms with Crippen LogP contribution in [0.25, 0.3) is 0 Å². The molecule has 0 aromatic rings. The van der Waals surface area contributed by atoms with E-state index >= 15 is 0 Å². The number of aliphatic carboxylic acids is 1. The normalized spacial score (nSPS) is 20.1. The van der Waals surface area contributed by atoms with Crippen molar-refractivity contribution in [2.24, 2.45) is 0 Å². The number of carbonyl (C=O) groups is 3. The minimum Gasteiger partial charge on any atom is -0.481 e. The topological polar surface area (TPSA) is 105 Å². The molecule has 0 aliphatic carbocycles. The zero-order valence-corrected chi connectivity index (χ0v) is 11.6. The lowest BCUT2D eigenvalue weighted by atomic mass is 10.2. The second-order valence-corrected chi connectivity index (χ2v) is 4.46. The summed E-state index contributed by atoms with van der Waals surface area (Å²) in [6.07, 6.45) is -0.679. The molecular formula is C12H20N2O6. The highest BCUT2D eigenvalue weighted by Gasteiger charge is 2.27. The fourth-order valence-electron chi connectivity index (χ4n) is 1.82. The first-order chi connectivity index (χ1) is 9.43. The third-order valence-corrected chi connectivity index (χ3v) is 2.81. The summed E-state index contributed by atoms with van der Waals surface area (Å²) >= 11 is 0. The molecule has 2 amide bonds. The molecule has 8 heteroatoms. The van der Waals surface area contributed by atoms with Gasteiger partial charge in [0.15, 0.2) is 0 Å². The Kier molecular flexibility index (Phi) is 6.23. The lowest BCUT2D eigenvalue weighted by Crippen LogP contribution is -2.53. The average Bonchev–Trinajstić information content (AvgIpc) is 2.38. The summed E-state index contributed by atoms with van der Waals surface area (Å²) in [6.45, 7) is 4.29. The number of nitrogens with zero attached hydrogens (tertiary/aromatic N) is 1. The molecule has 2 N–H and O–H groups in total. The van der Waals surface area contributed by atoms with Crippen LogP contribution in [-0.2, 0) is 19.1 Å². The monoisotopic (exact) mass is 288 g/mol. The largest absolute Gasteiger partial charge is 0.481 e. The zero-order valence-electron chi connectivity index (χ0n) is 11.6. The summed E-state index contributed by atoms with van der Waals surface area (Å²) in [5.41, 5.74) is 0. The highest BCUT2D eigenvalue weighted by Crippen LogP contribution is 2.09. The van der Waals surface area contributed by atoms with Crippen LogP contribution in [0.4, 0.5) is 4.79 Å². The van der Waals surface area contributed by atoms with Crippen molar-refractivity contribution < 1.29 is 29.0 Å². The average molecular weight is 288 g/mol. The molecule has 0 radical (unpaired) electrons. The quantitative estimate of drug-likeness (QED) is 0.680. The summed E-state index contributed by atoms with van der Waals surface area (Å²) in [6, 6.07) is -1.17. The van der Waals surface area contributed by atoms with Crippen LogP contribution in [0.2, 0.25) is 0 Å². The van der Waals surface area contributed by atoms with Gasteiger partial charge in [-0.1, -0.05) is 0 Å². The van der Waals surface area contributed by atoms with Crippen LogP contribution in [0.1, 0.15) is 20.3 Å². The SMILES string of the molecule is CCOC(=O)C(C)NC(=O)N1CCOC(CC(=O)O)C1. The molecular weight excluding hydrogens is 268 g/mol. The molecule has 1 heterocycles. The van der Waals surface area contributed by atoms with Crippen molar-refractivity contribution in [2.45, 2.75) is 32.4 Å². The molecule has 0 spiro atoms. The van der Waals surface area contributed by atoms with Crippen LogP contribution < -0.4 is 5.32 Å². The molecule has 2 unspecified atom stereocenters. The fraction of sp³-hybridized carbons (Fsp3) is 0.750. The Morgan fingerprint density at radius 1 is 1.50 bits per heavy atom. The minimum atomic E-state index is -0.975. The summed E-state index contributed by atoms with van der Waals surface area (Å²) < 4.78 is 10.1. The first-order valence-corrected chi connectivity index (χ1v) is 6.49. The van der Waals surface area contributed by atoms with E-state index in [0.29, 0.717) is 6.54 Å². The smallest absolute Gasteiger partial charge is 0.328 e. The maximum Gasteiger partial charge on any atom is 0.328 e. The van der Waals surface area contributed by atoms with Crippen molar-refractivity contribution in [3.05, 3.63) is 0 Å². The molecule has 1 fully saturated rings. The standard InChI is InChI=1S/C12H20N2O6/c1-3-19-11(17)8(2)13-12(18)14-4-5-20-9(7-14)6-10(15)16/h8-9H,3-7H2,1-2H3,(H,13,18)(H,15,16). The number of ether oxygens (including phenoxy) is 2. The molecule has 0 saturated carbocycles. The number of carboxylic acid groups (broad SMARTS) is 1. The van der Waals surface area contributed by atoms with Crippen LogP contribution in [-0.4, -0.2) is 66.4 Å². The number of hydrogen-bond donors (Lipinski definition) is 2. The molecule has 114 valence electrons. The number of hydrogen-bond acceptors (Lipinski definition) is 5. The predicted molar refractivity (Wildman–Crippen MR) is 68.2 cm³/mol. The van der Waals surface area contributed by atoms with Gasteiger partial charge in [0.1, 0.15) is 6.04 Å². The van der Waals surface area contributed by atoms with Gasteiger partial charge < -0.3 is 24.8 Å². The number of carbonyl (C=O) groups excluding carboxylic acids is 2. The predicted octanol–water partition coefficient (Wildman–Crippen LogP) is -0.177. The summed E-state index contributed by atoms with van der Waals surface area (Å²) in [5, 5.41) is 11.2. The Hall–Kier alpha value is -1.83. The summed E-state index contributed by atoms with van der Waals surface area (Å²) in [5.74, 6) is -1.48. The second kappa shape index (κ2) is 7.68. The van der Waals surface area contributed by atoms with Crippen LogP contribution in [0.15, 0.2) is 0 Å². The lowest BCUT2D eigenvalue weighted by molar-refractivity contribution is -0.145. The number of rotatable bonds is 5. The number of esters is 1. The van der Waals surface area contributed by atoms with E-state index in [1.165, 1.54) is 11.8 Å². The minimum absolute atomic E-state index is 0.156.